The molecule has 2 aliphatic rings. The molecule has 18 heavy (non-hydrogen) atoms. The van der Waals surface area contributed by atoms with Gasteiger partial charge in [0.15, 0.2) is 0 Å². The molecule has 1 saturated heterocycles. The summed E-state index contributed by atoms with van der Waals surface area (Å²) < 4.78 is 5.19. The number of likely N-dealkylation sites (tertiary alicyclic amines) is 1. The van der Waals surface area contributed by atoms with Crippen molar-refractivity contribution in [1.82, 2.24) is 10.2 Å². The molecule has 2 unspecified atom stereocenters. The van der Waals surface area contributed by atoms with E-state index < -0.39 is 5.54 Å². The number of carbonyl (C=O) groups is 1. The predicted molar refractivity (Wildman–Crippen MR) is 70.2 cm³/mol. The smallest absolute Gasteiger partial charge is 0.238 e. The van der Waals surface area contributed by atoms with Gasteiger partial charge in [0.1, 0.15) is 5.54 Å². The highest BCUT2D eigenvalue weighted by Gasteiger charge is 2.39. The van der Waals surface area contributed by atoms with Crippen molar-refractivity contribution in [3.8, 4) is 0 Å². The van der Waals surface area contributed by atoms with Crippen molar-refractivity contribution in [2.24, 2.45) is 11.7 Å². The van der Waals surface area contributed by atoms with Crippen LogP contribution in [0.1, 0.15) is 26.2 Å². The third kappa shape index (κ3) is 3.43. The lowest BCUT2D eigenvalue weighted by Crippen LogP contribution is -2.60. The van der Waals surface area contributed by atoms with Crippen molar-refractivity contribution in [3.05, 3.63) is 0 Å². The number of carbonyl (C=O) groups excluding carboxylic acids is 1. The van der Waals surface area contributed by atoms with Gasteiger partial charge in [0.05, 0.1) is 6.61 Å². The summed E-state index contributed by atoms with van der Waals surface area (Å²) >= 11 is 0. The SMILES string of the molecule is COCC1CCN(CC(C)(NC2CC2)C(N)=O)C1. The molecule has 0 aromatic heterocycles. The number of nitrogens with zero attached hydrogens (tertiary/aromatic N) is 1. The molecule has 0 radical (unpaired) electrons. The Balaban J connectivity index is 1.87. The zero-order valence-corrected chi connectivity index (χ0v) is 11.4. The summed E-state index contributed by atoms with van der Waals surface area (Å²) in [6, 6.07) is 0.486. The van der Waals surface area contributed by atoms with E-state index in [0.29, 0.717) is 18.5 Å². The summed E-state index contributed by atoms with van der Waals surface area (Å²) in [6.45, 7) is 5.47. The molecule has 2 atom stereocenters. The van der Waals surface area contributed by atoms with E-state index in [-0.39, 0.29) is 5.91 Å². The number of hydrogen-bond donors (Lipinski definition) is 2. The van der Waals surface area contributed by atoms with Gasteiger partial charge in [-0.3, -0.25) is 10.1 Å². The maximum Gasteiger partial charge on any atom is 0.238 e. The summed E-state index contributed by atoms with van der Waals surface area (Å²) in [5, 5.41) is 3.39. The Hall–Kier alpha value is -0.650. The molecular formula is C13H25N3O2. The maximum absolute atomic E-state index is 11.7. The van der Waals surface area contributed by atoms with Crippen LogP contribution in [0.5, 0.6) is 0 Å². The van der Waals surface area contributed by atoms with Crippen LogP contribution >= 0.6 is 0 Å². The van der Waals surface area contributed by atoms with Gasteiger partial charge < -0.3 is 15.4 Å². The third-order valence-corrected chi connectivity index (χ3v) is 3.96. The van der Waals surface area contributed by atoms with E-state index in [0.717, 1.165) is 39.0 Å². The fraction of sp³-hybridized carbons (Fsp3) is 0.923. The van der Waals surface area contributed by atoms with Crippen LogP contribution in [-0.2, 0) is 9.53 Å². The normalized spacial score (nSPS) is 28.2. The standard InChI is InChI=1S/C13H25N3O2/c1-13(12(14)17,15-11-3-4-11)9-16-6-5-10(7-16)8-18-2/h10-11,15H,3-9H2,1-2H3,(H2,14,17). The summed E-state index contributed by atoms with van der Waals surface area (Å²) in [6.07, 6.45) is 3.47. The zero-order chi connectivity index (χ0) is 13.2. The molecule has 5 heteroatoms. The molecule has 5 nitrogen and oxygen atoms in total. The monoisotopic (exact) mass is 255 g/mol. The topological polar surface area (TPSA) is 67.6 Å². The number of primary amides is 1. The molecule has 1 aliphatic heterocycles. The molecule has 104 valence electrons. The van der Waals surface area contributed by atoms with E-state index in [1.807, 2.05) is 6.92 Å². The molecule has 1 saturated carbocycles. The van der Waals surface area contributed by atoms with Crippen molar-refractivity contribution in [1.29, 1.82) is 0 Å². The summed E-state index contributed by atoms with van der Waals surface area (Å²) in [7, 11) is 1.74. The van der Waals surface area contributed by atoms with E-state index >= 15 is 0 Å². The number of nitrogens with two attached hydrogens (primary N) is 1. The lowest BCUT2D eigenvalue weighted by atomic mass is 10.0. The van der Waals surface area contributed by atoms with Gasteiger partial charge in [-0.25, -0.2) is 0 Å². The molecule has 1 heterocycles. The van der Waals surface area contributed by atoms with Crippen LogP contribution < -0.4 is 11.1 Å². The van der Waals surface area contributed by atoms with Crippen molar-refractivity contribution in [3.63, 3.8) is 0 Å². The van der Waals surface area contributed by atoms with Crippen LogP contribution in [0.3, 0.4) is 0 Å². The van der Waals surface area contributed by atoms with Crippen molar-refractivity contribution >= 4 is 5.91 Å². The molecular weight excluding hydrogens is 230 g/mol. The molecule has 1 aliphatic carbocycles. The minimum atomic E-state index is -0.594. The highest BCUT2D eigenvalue weighted by molar-refractivity contribution is 5.84. The Bertz CT molecular complexity index is 307. The largest absolute Gasteiger partial charge is 0.384 e. The van der Waals surface area contributed by atoms with Crippen LogP contribution in [0.4, 0.5) is 0 Å². The number of methoxy groups -OCH3 is 1. The predicted octanol–water partition coefficient (Wildman–Crippen LogP) is -0.0493. The van der Waals surface area contributed by atoms with Gasteiger partial charge in [0.2, 0.25) is 5.91 Å². The quantitative estimate of drug-likeness (QED) is 0.669. The third-order valence-electron chi connectivity index (χ3n) is 3.96. The lowest BCUT2D eigenvalue weighted by Gasteiger charge is -2.32. The number of rotatable bonds is 7. The minimum absolute atomic E-state index is 0.246. The Morgan fingerprint density at radius 2 is 2.22 bits per heavy atom. The number of nitrogens with one attached hydrogen (secondary N) is 1. The van der Waals surface area contributed by atoms with Gasteiger partial charge in [-0.05, 0) is 38.6 Å². The minimum Gasteiger partial charge on any atom is -0.384 e. The summed E-state index contributed by atoms with van der Waals surface area (Å²) in [5.74, 6) is 0.345. The van der Waals surface area contributed by atoms with Gasteiger partial charge in [-0.15, -0.1) is 0 Å². The van der Waals surface area contributed by atoms with E-state index in [1.165, 1.54) is 0 Å². The van der Waals surface area contributed by atoms with Gasteiger partial charge in [-0.2, -0.15) is 0 Å². The summed E-state index contributed by atoms with van der Waals surface area (Å²) in [5.41, 5.74) is 4.97. The highest BCUT2D eigenvalue weighted by Crippen LogP contribution is 2.24. The average molecular weight is 255 g/mol. The first kappa shape index (κ1) is 13.8. The number of amides is 1. The molecule has 0 aromatic rings. The molecule has 0 bridgehead atoms. The van der Waals surface area contributed by atoms with Crippen molar-refractivity contribution < 1.29 is 9.53 Å². The van der Waals surface area contributed by atoms with E-state index in [9.17, 15) is 4.79 Å². The zero-order valence-electron chi connectivity index (χ0n) is 11.4. The van der Waals surface area contributed by atoms with E-state index in [1.54, 1.807) is 7.11 Å². The van der Waals surface area contributed by atoms with Crippen LogP contribution in [0.2, 0.25) is 0 Å². The molecule has 2 fully saturated rings. The first-order chi connectivity index (χ1) is 8.53. The summed E-state index contributed by atoms with van der Waals surface area (Å²) in [4.78, 5) is 14.0. The highest BCUT2D eigenvalue weighted by atomic mass is 16.5. The van der Waals surface area contributed by atoms with Gasteiger partial charge in [-0.1, -0.05) is 0 Å². The Kier molecular flexibility index (Phi) is 4.25. The first-order valence-electron chi connectivity index (χ1n) is 6.82. The van der Waals surface area contributed by atoms with Crippen LogP contribution in [0, 0.1) is 5.92 Å². The number of hydrogen-bond acceptors (Lipinski definition) is 4. The second-order valence-electron chi connectivity index (χ2n) is 5.96. The molecule has 2 rings (SSSR count). The number of ether oxygens (including phenoxy) is 1. The molecule has 0 aromatic carbocycles. The Morgan fingerprint density at radius 3 is 2.78 bits per heavy atom. The van der Waals surface area contributed by atoms with Crippen LogP contribution in [-0.4, -0.2) is 55.7 Å². The van der Waals surface area contributed by atoms with E-state index in [2.05, 4.69) is 10.2 Å². The van der Waals surface area contributed by atoms with Crippen LogP contribution in [0.15, 0.2) is 0 Å². The molecule has 3 N–H and O–H groups in total. The second-order valence-corrected chi connectivity index (χ2v) is 5.96. The fourth-order valence-corrected chi connectivity index (χ4v) is 2.75. The van der Waals surface area contributed by atoms with Crippen molar-refractivity contribution in [2.75, 3.05) is 33.4 Å². The lowest BCUT2D eigenvalue weighted by molar-refractivity contribution is -0.124. The molecule has 0 spiro atoms. The van der Waals surface area contributed by atoms with E-state index in [4.69, 9.17) is 10.5 Å². The van der Waals surface area contributed by atoms with Gasteiger partial charge >= 0.3 is 0 Å². The van der Waals surface area contributed by atoms with Gasteiger partial charge in [0.25, 0.3) is 0 Å². The van der Waals surface area contributed by atoms with Gasteiger partial charge in [0, 0.05) is 26.2 Å². The maximum atomic E-state index is 11.7. The van der Waals surface area contributed by atoms with Crippen molar-refractivity contribution in [2.45, 2.75) is 37.8 Å². The molecule has 1 amide bonds. The second kappa shape index (κ2) is 5.55. The Labute approximate surface area is 109 Å². The average Bonchev–Trinajstić information content (AvgIpc) is 2.99. The Morgan fingerprint density at radius 1 is 1.50 bits per heavy atom. The fourth-order valence-electron chi connectivity index (χ4n) is 2.75. The first-order valence-corrected chi connectivity index (χ1v) is 6.82. The van der Waals surface area contributed by atoms with Crippen LogP contribution in [0.25, 0.3) is 0 Å².